The van der Waals surface area contributed by atoms with Gasteiger partial charge in [0.05, 0.1) is 6.61 Å². The number of para-hydroxylation sites is 1. The molecule has 0 radical (unpaired) electrons. The van der Waals surface area contributed by atoms with Crippen molar-refractivity contribution >= 4 is 11.3 Å². The standard InChI is InChI=1S/C14H18N2OS/c1-3-17-13-7-5-4-6-12(13)11(2)16-10-14-15-8-9-18-14/h4-9,11,16H,3,10H2,1-2H3. The molecule has 18 heavy (non-hydrogen) atoms. The molecule has 1 aromatic heterocycles. The van der Waals surface area contributed by atoms with Gasteiger partial charge in [-0.05, 0) is 19.9 Å². The number of thiazole rings is 1. The number of hydrogen-bond acceptors (Lipinski definition) is 4. The van der Waals surface area contributed by atoms with Crippen LogP contribution in [0.5, 0.6) is 5.75 Å². The van der Waals surface area contributed by atoms with Gasteiger partial charge in [-0.2, -0.15) is 0 Å². The van der Waals surface area contributed by atoms with Crippen LogP contribution in [0.3, 0.4) is 0 Å². The predicted octanol–water partition coefficient (Wildman–Crippen LogP) is 3.39. The molecule has 0 fully saturated rings. The Morgan fingerprint density at radius 1 is 1.39 bits per heavy atom. The third-order valence-electron chi connectivity index (χ3n) is 2.73. The Labute approximate surface area is 112 Å². The normalized spacial score (nSPS) is 12.3. The van der Waals surface area contributed by atoms with Crippen molar-refractivity contribution in [2.45, 2.75) is 26.4 Å². The molecule has 1 N–H and O–H groups in total. The second-order valence-electron chi connectivity index (χ2n) is 4.00. The van der Waals surface area contributed by atoms with Crippen LogP contribution in [0.25, 0.3) is 0 Å². The van der Waals surface area contributed by atoms with E-state index < -0.39 is 0 Å². The van der Waals surface area contributed by atoms with E-state index in [1.165, 1.54) is 5.56 Å². The summed E-state index contributed by atoms with van der Waals surface area (Å²) in [5.41, 5.74) is 1.19. The molecule has 0 aliphatic heterocycles. The van der Waals surface area contributed by atoms with Crippen molar-refractivity contribution in [1.29, 1.82) is 0 Å². The first-order valence-electron chi connectivity index (χ1n) is 6.14. The molecule has 0 aliphatic rings. The number of rotatable bonds is 6. The molecule has 0 spiro atoms. The molecule has 0 amide bonds. The Hall–Kier alpha value is -1.39. The summed E-state index contributed by atoms with van der Waals surface area (Å²) in [6, 6.07) is 8.41. The molecule has 2 rings (SSSR count). The van der Waals surface area contributed by atoms with Crippen LogP contribution in [-0.4, -0.2) is 11.6 Å². The van der Waals surface area contributed by atoms with E-state index in [0.29, 0.717) is 6.61 Å². The van der Waals surface area contributed by atoms with Gasteiger partial charge in [-0.1, -0.05) is 18.2 Å². The highest BCUT2D eigenvalue weighted by Gasteiger charge is 2.10. The molecule has 0 bridgehead atoms. The number of ether oxygens (including phenoxy) is 1. The Morgan fingerprint density at radius 3 is 2.94 bits per heavy atom. The Balaban J connectivity index is 2.01. The number of nitrogens with one attached hydrogen (secondary N) is 1. The molecule has 1 atom stereocenters. The lowest BCUT2D eigenvalue weighted by Gasteiger charge is -2.17. The molecule has 3 nitrogen and oxygen atoms in total. The van der Waals surface area contributed by atoms with Crippen molar-refractivity contribution in [3.63, 3.8) is 0 Å². The third kappa shape index (κ3) is 3.31. The second-order valence-corrected chi connectivity index (χ2v) is 4.98. The van der Waals surface area contributed by atoms with Crippen molar-refractivity contribution in [2.75, 3.05) is 6.61 Å². The molecular weight excluding hydrogens is 244 g/mol. The van der Waals surface area contributed by atoms with E-state index in [4.69, 9.17) is 4.74 Å². The predicted molar refractivity (Wildman–Crippen MR) is 75.0 cm³/mol. The van der Waals surface area contributed by atoms with Crippen LogP contribution in [0, 0.1) is 0 Å². The van der Waals surface area contributed by atoms with Crippen molar-refractivity contribution < 1.29 is 4.74 Å². The Morgan fingerprint density at radius 2 is 2.22 bits per heavy atom. The lowest BCUT2D eigenvalue weighted by atomic mass is 10.1. The van der Waals surface area contributed by atoms with Crippen LogP contribution in [0.15, 0.2) is 35.8 Å². The second kappa shape index (κ2) is 6.52. The smallest absolute Gasteiger partial charge is 0.124 e. The van der Waals surface area contributed by atoms with E-state index >= 15 is 0 Å². The van der Waals surface area contributed by atoms with Gasteiger partial charge in [0.1, 0.15) is 10.8 Å². The van der Waals surface area contributed by atoms with Crippen LogP contribution >= 0.6 is 11.3 Å². The molecule has 1 heterocycles. The van der Waals surface area contributed by atoms with Crippen molar-refractivity contribution in [1.82, 2.24) is 10.3 Å². The summed E-state index contributed by atoms with van der Waals surface area (Å²) in [6.07, 6.45) is 1.83. The summed E-state index contributed by atoms with van der Waals surface area (Å²) in [6.45, 7) is 5.63. The van der Waals surface area contributed by atoms with E-state index in [2.05, 4.69) is 23.3 Å². The minimum Gasteiger partial charge on any atom is -0.494 e. The summed E-state index contributed by atoms with van der Waals surface area (Å²) in [7, 11) is 0. The maximum atomic E-state index is 5.64. The van der Waals surface area contributed by atoms with Crippen molar-refractivity contribution in [3.05, 3.63) is 46.4 Å². The van der Waals surface area contributed by atoms with Crippen molar-refractivity contribution in [2.24, 2.45) is 0 Å². The highest BCUT2D eigenvalue weighted by Crippen LogP contribution is 2.25. The van der Waals surface area contributed by atoms with Gasteiger partial charge < -0.3 is 10.1 Å². The van der Waals surface area contributed by atoms with Crippen LogP contribution in [0.2, 0.25) is 0 Å². The molecule has 2 aromatic rings. The van der Waals surface area contributed by atoms with E-state index in [9.17, 15) is 0 Å². The van der Waals surface area contributed by atoms with Crippen molar-refractivity contribution in [3.8, 4) is 5.75 Å². The monoisotopic (exact) mass is 262 g/mol. The van der Waals surface area contributed by atoms with Crippen LogP contribution < -0.4 is 10.1 Å². The molecule has 1 unspecified atom stereocenters. The van der Waals surface area contributed by atoms with Gasteiger partial charge in [-0.25, -0.2) is 4.98 Å². The first-order valence-corrected chi connectivity index (χ1v) is 7.02. The topological polar surface area (TPSA) is 34.1 Å². The van der Waals surface area contributed by atoms with Gasteiger partial charge in [-0.3, -0.25) is 0 Å². The molecular formula is C14H18N2OS. The zero-order valence-electron chi connectivity index (χ0n) is 10.7. The third-order valence-corrected chi connectivity index (χ3v) is 3.51. The van der Waals surface area contributed by atoms with Gasteiger partial charge in [-0.15, -0.1) is 11.3 Å². The fraction of sp³-hybridized carbons (Fsp3) is 0.357. The Bertz CT molecular complexity index is 470. The first kappa shape index (κ1) is 13.1. The van der Waals surface area contributed by atoms with E-state index in [0.717, 1.165) is 17.3 Å². The summed E-state index contributed by atoms with van der Waals surface area (Å²) < 4.78 is 5.64. The fourth-order valence-corrected chi connectivity index (χ4v) is 2.38. The van der Waals surface area contributed by atoms with Gasteiger partial charge in [0, 0.05) is 29.7 Å². The first-order chi connectivity index (χ1) is 8.81. The minimum absolute atomic E-state index is 0.247. The average Bonchev–Trinajstić information content (AvgIpc) is 2.90. The lowest BCUT2D eigenvalue weighted by molar-refractivity contribution is 0.332. The summed E-state index contributed by atoms with van der Waals surface area (Å²) in [4.78, 5) is 4.27. The summed E-state index contributed by atoms with van der Waals surface area (Å²) in [5, 5.41) is 6.57. The zero-order chi connectivity index (χ0) is 12.8. The highest BCUT2D eigenvalue weighted by atomic mass is 32.1. The lowest BCUT2D eigenvalue weighted by Crippen LogP contribution is -2.18. The zero-order valence-corrected chi connectivity index (χ0v) is 11.5. The van der Waals surface area contributed by atoms with Gasteiger partial charge in [0.2, 0.25) is 0 Å². The van der Waals surface area contributed by atoms with Gasteiger partial charge >= 0.3 is 0 Å². The Kier molecular flexibility index (Phi) is 4.73. The van der Waals surface area contributed by atoms with E-state index in [-0.39, 0.29) is 6.04 Å². The molecule has 0 saturated carbocycles. The van der Waals surface area contributed by atoms with E-state index in [1.807, 2.05) is 36.7 Å². The maximum Gasteiger partial charge on any atom is 0.124 e. The number of hydrogen-bond donors (Lipinski definition) is 1. The minimum atomic E-state index is 0.247. The summed E-state index contributed by atoms with van der Waals surface area (Å²) >= 11 is 1.67. The molecule has 4 heteroatoms. The average molecular weight is 262 g/mol. The van der Waals surface area contributed by atoms with Crippen LogP contribution in [-0.2, 0) is 6.54 Å². The van der Waals surface area contributed by atoms with E-state index in [1.54, 1.807) is 11.3 Å². The number of aromatic nitrogens is 1. The molecule has 1 aromatic carbocycles. The maximum absolute atomic E-state index is 5.64. The van der Waals surface area contributed by atoms with Gasteiger partial charge in [0.25, 0.3) is 0 Å². The molecule has 0 saturated heterocycles. The number of benzene rings is 1. The summed E-state index contributed by atoms with van der Waals surface area (Å²) in [5.74, 6) is 0.958. The fourth-order valence-electron chi connectivity index (χ4n) is 1.82. The van der Waals surface area contributed by atoms with Crippen LogP contribution in [0.4, 0.5) is 0 Å². The largest absolute Gasteiger partial charge is 0.494 e. The molecule has 0 aliphatic carbocycles. The van der Waals surface area contributed by atoms with Gasteiger partial charge in [0.15, 0.2) is 0 Å². The van der Waals surface area contributed by atoms with Crippen LogP contribution in [0.1, 0.15) is 30.5 Å². The highest BCUT2D eigenvalue weighted by molar-refractivity contribution is 7.09. The molecule has 96 valence electrons. The SMILES string of the molecule is CCOc1ccccc1C(C)NCc1nccs1. The quantitative estimate of drug-likeness (QED) is 0.866. The number of nitrogens with zero attached hydrogens (tertiary/aromatic N) is 1.